The summed E-state index contributed by atoms with van der Waals surface area (Å²) < 4.78 is 24.0. The lowest BCUT2D eigenvalue weighted by atomic mass is 10.3. The largest absolute Gasteiger partial charge is 0.325 e. The Balaban J connectivity index is 1.84. The van der Waals surface area contributed by atoms with Gasteiger partial charge in [0.1, 0.15) is 0 Å². The summed E-state index contributed by atoms with van der Waals surface area (Å²) in [6.07, 6.45) is 0. The number of thioether (sulfide) groups is 1. The van der Waals surface area contributed by atoms with E-state index in [-0.39, 0.29) is 22.6 Å². The summed E-state index contributed by atoms with van der Waals surface area (Å²) in [5.74, 6) is 1.25. The van der Waals surface area contributed by atoms with E-state index in [0.29, 0.717) is 17.3 Å². The molecule has 3 N–H and O–H groups in total. The van der Waals surface area contributed by atoms with E-state index < -0.39 is 10.0 Å². The number of sulfonamides is 1. The van der Waals surface area contributed by atoms with E-state index in [0.717, 1.165) is 0 Å². The number of tetrazole rings is 1. The van der Waals surface area contributed by atoms with E-state index in [1.54, 1.807) is 4.68 Å². The number of carbonyl (C=O) groups excluding carboxylic acids is 1. The van der Waals surface area contributed by atoms with Crippen molar-refractivity contribution in [2.24, 2.45) is 5.14 Å². The Hall–Kier alpha value is -1.98. The van der Waals surface area contributed by atoms with Crippen LogP contribution in [0.4, 0.5) is 5.69 Å². The van der Waals surface area contributed by atoms with Crippen LogP contribution in [0.5, 0.6) is 0 Å². The molecule has 1 aromatic carbocycles. The quantitative estimate of drug-likeness (QED) is 0.735. The summed E-state index contributed by atoms with van der Waals surface area (Å²) in [6, 6.07) is 5.81. The molecular weight excluding hydrogens is 352 g/mol. The molecular formula is C13H18N6O3S2. The smallest absolute Gasteiger partial charge is 0.238 e. The number of hydrogen-bond acceptors (Lipinski definition) is 7. The second-order valence-electron chi connectivity index (χ2n) is 5.24. The van der Waals surface area contributed by atoms with Crippen LogP contribution in [0.2, 0.25) is 0 Å². The second-order valence-corrected chi connectivity index (χ2v) is 7.79. The van der Waals surface area contributed by atoms with Crippen molar-refractivity contribution >= 4 is 33.4 Å². The molecule has 1 heterocycles. The van der Waals surface area contributed by atoms with E-state index in [1.807, 2.05) is 13.8 Å². The van der Waals surface area contributed by atoms with E-state index in [9.17, 15) is 13.2 Å². The summed E-state index contributed by atoms with van der Waals surface area (Å²) in [5, 5.41) is 19.2. The fourth-order valence-electron chi connectivity index (χ4n) is 1.87. The minimum absolute atomic E-state index is 0.00426. The normalized spacial score (nSPS) is 11.7. The number of hydrogen-bond donors (Lipinski definition) is 2. The van der Waals surface area contributed by atoms with Gasteiger partial charge in [0.25, 0.3) is 0 Å². The Morgan fingerprint density at radius 3 is 2.58 bits per heavy atom. The molecule has 11 heteroatoms. The van der Waals surface area contributed by atoms with E-state index >= 15 is 0 Å². The highest BCUT2D eigenvalue weighted by molar-refractivity contribution is 7.99. The number of nitrogens with one attached hydrogen (secondary N) is 1. The number of amides is 1. The van der Waals surface area contributed by atoms with Gasteiger partial charge in [-0.3, -0.25) is 4.79 Å². The number of carbonyl (C=O) groups is 1. The lowest BCUT2D eigenvalue weighted by molar-refractivity contribution is -0.113. The van der Waals surface area contributed by atoms with Gasteiger partial charge in [-0.05, 0) is 48.5 Å². The predicted octanol–water partition coefficient (Wildman–Crippen LogP) is 0.773. The molecule has 0 aliphatic heterocycles. The zero-order valence-corrected chi connectivity index (χ0v) is 14.8. The standard InChI is InChI=1S/C13H18N6O3S2/c1-9(2)19-12(16-17-18-19)7-23-8-13(20)15-10-3-5-11(6-4-10)24(14,21)22/h3-6,9H,7-8H2,1-2H3,(H,15,20)(H2,14,21,22). The highest BCUT2D eigenvalue weighted by Gasteiger charge is 2.11. The molecule has 0 spiro atoms. The number of nitrogens with zero attached hydrogens (tertiary/aromatic N) is 4. The highest BCUT2D eigenvalue weighted by Crippen LogP contribution is 2.15. The third-order valence-corrected chi connectivity index (χ3v) is 4.84. The van der Waals surface area contributed by atoms with Crippen LogP contribution in [0.3, 0.4) is 0 Å². The SMILES string of the molecule is CC(C)n1nnnc1CSCC(=O)Nc1ccc(S(N)(=O)=O)cc1. The Kier molecular flexibility index (Phi) is 5.91. The lowest BCUT2D eigenvalue weighted by Gasteiger charge is -2.08. The van der Waals surface area contributed by atoms with Crippen molar-refractivity contribution in [2.45, 2.75) is 30.5 Å². The molecule has 0 saturated carbocycles. The molecule has 0 saturated heterocycles. The minimum Gasteiger partial charge on any atom is -0.325 e. The van der Waals surface area contributed by atoms with Crippen molar-refractivity contribution in [3.63, 3.8) is 0 Å². The Bertz CT molecular complexity index is 801. The Labute approximate surface area is 144 Å². The summed E-state index contributed by atoms with van der Waals surface area (Å²) in [4.78, 5) is 11.9. The maximum absolute atomic E-state index is 11.9. The van der Waals surface area contributed by atoms with Gasteiger partial charge in [0.2, 0.25) is 15.9 Å². The monoisotopic (exact) mass is 370 g/mol. The fourth-order valence-corrected chi connectivity index (χ4v) is 3.12. The van der Waals surface area contributed by atoms with Crippen LogP contribution in [0.25, 0.3) is 0 Å². The molecule has 0 bridgehead atoms. The molecule has 0 fully saturated rings. The number of primary sulfonamides is 1. The molecule has 0 unspecified atom stereocenters. The molecule has 2 rings (SSSR count). The zero-order chi connectivity index (χ0) is 17.7. The topological polar surface area (TPSA) is 133 Å². The molecule has 9 nitrogen and oxygen atoms in total. The molecule has 0 atom stereocenters. The average molecular weight is 370 g/mol. The number of anilines is 1. The maximum atomic E-state index is 11.9. The van der Waals surface area contributed by atoms with Gasteiger partial charge in [-0.1, -0.05) is 0 Å². The highest BCUT2D eigenvalue weighted by atomic mass is 32.2. The first-order chi connectivity index (χ1) is 11.3. The van der Waals surface area contributed by atoms with Crippen LogP contribution in [-0.4, -0.2) is 40.3 Å². The van der Waals surface area contributed by atoms with E-state index in [1.165, 1.54) is 36.0 Å². The van der Waals surface area contributed by atoms with E-state index in [4.69, 9.17) is 5.14 Å². The summed E-state index contributed by atoms with van der Waals surface area (Å²) in [6.45, 7) is 3.95. The molecule has 0 aliphatic rings. The number of nitrogens with two attached hydrogens (primary N) is 1. The summed E-state index contributed by atoms with van der Waals surface area (Å²) in [7, 11) is -3.74. The van der Waals surface area contributed by atoms with Crippen molar-refractivity contribution < 1.29 is 13.2 Å². The van der Waals surface area contributed by atoms with Crippen LogP contribution >= 0.6 is 11.8 Å². The fraction of sp³-hybridized carbons (Fsp3) is 0.385. The van der Waals surface area contributed by atoms with Gasteiger partial charge in [0.05, 0.1) is 22.4 Å². The first-order valence-corrected chi connectivity index (χ1v) is 9.74. The predicted molar refractivity (Wildman–Crippen MR) is 90.8 cm³/mol. The summed E-state index contributed by atoms with van der Waals surface area (Å²) >= 11 is 1.39. The average Bonchev–Trinajstić information content (AvgIpc) is 2.95. The van der Waals surface area contributed by atoms with Crippen molar-refractivity contribution in [3.05, 3.63) is 30.1 Å². The third-order valence-electron chi connectivity index (χ3n) is 2.98. The van der Waals surface area contributed by atoms with Gasteiger partial charge < -0.3 is 5.32 Å². The molecule has 0 radical (unpaired) electrons. The minimum atomic E-state index is -3.74. The van der Waals surface area contributed by atoms with Gasteiger partial charge in [0.15, 0.2) is 5.82 Å². The number of rotatable bonds is 7. The maximum Gasteiger partial charge on any atom is 0.238 e. The van der Waals surface area contributed by atoms with Crippen LogP contribution in [-0.2, 0) is 20.6 Å². The lowest BCUT2D eigenvalue weighted by Crippen LogP contribution is -2.15. The number of benzene rings is 1. The van der Waals surface area contributed by atoms with Gasteiger partial charge in [-0.2, -0.15) is 0 Å². The van der Waals surface area contributed by atoms with Gasteiger partial charge >= 0.3 is 0 Å². The van der Waals surface area contributed by atoms with Crippen molar-refractivity contribution in [2.75, 3.05) is 11.1 Å². The molecule has 1 amide bonds. The first-order valence-electron chi connectivity index (χ1n) is 7.04. The van der Waals surface area contributed by atoms with E-state index in [2.05, 4.69) is 20.8 Å². The van der Waals surface area contributed by atoms with Gasteiger partial charge in [0, 0.05) is 5.69 Å². The Morgan fingerprint density at radius 2 is 2.00 bits per heavy atom. The molecule has 1 aromatic heterocycles. The Morgan fingerprint density at radius 1 is 1.33 bits per heavy atom. The van der Waals surface area contributed by atoms with Crippen molar-refractivity contribution in [1.29, 1.82) is 0 Å². The molecule has 24 heavy (non-hydrogen) atoms. The van der Waals surface area contributed by atoms with Gasteiger partial charge in [-0.15, -0.1) is 16.9 Å². The van der Waals surface area contributed by atoms with Crippen LogP contribution in [0, 0.1) is 0 Å². The summed E-state index contributed by atoms with van der Waals surface area (Å²) in [5.41, 5.74) is 0.500. The zero-order valence-electron chi connectivity index (χ0n) is 13.2. The molecule has 2 aromatic rings. The van der Waals surface area contributed by atoms with Crippen LogP contribution in [0.15, 0.2) is 29.2 Å². The van der Waals surface area contributed by atoms with Gasteiger partial charge in [-0.25, -0.2) is 18.2 Å². The third kappa shape index (κ3) is 5.01. The molecule has 130 valence electrons. The van der Waals surface area contributed by atoms with Crippen molar-refractivity contribution in [1.82, 2.24) is 20.2 Å². The van der Waals surface area contributed by atoms with Crippen molar-refractivity contribution in [3.8, 4) is 0 Å². The second kappa shape index (κ2) is 7.73. The van der Waals surface area contributed by atoms with Crippen LogP contribution < -0.4 is 10.5 Å². The first kappa shape index (κ1) is 18.4. The number of aromatic nitrogens is 4. The van der Waals surface area contributed by atoms with Crippen LogP contribution in [0.1, 0.15) is 25.7 Å². The molecule has 0 aliphatic carbocycles.